The van der Waals surface area contributed by atoms with Gasteiger partial charge in [-0.05, 0) is 56.7 Å². The van der Waals surface area contributed by atoms with Crippen LogP contribution in [-0.4, -0.2) is 27.5 Å². The van der Waals surface area contributed by atoms with Crippen molar-refractivity contribution in [2.75, 3.05) is 7.11 Å². The summed E-state index contributed by atoms with van der Waals surface area (Å²) in [6.07, 6.45) is 5.88. The molecule has 0 bridgehead atoms. The van der Waals surface area contributed by atoms with Crippen molar-refractivity contribution in [3.05, 3.63) is 24.3 Å². The van der Waals surface area contributed by atoms with Crippen molar-refractivity contribution in [1.82, 2.24) is 0 Å². The number of hydrogen-bond acceptors (Lipinski definition) is 4. The van der Waals surface area contributed by atoms with Crippen molar-refractivity contribution < 1.29 is 18.7 Å². The molecule has 0 saturated heterocycles. The summed E-state index contributed by atoms with van der Waals surface area (Å²) in [6.45, 7) is 6.56. The Hall–Kier alpha value is -1.33. The summed E-state index contributed by atoms with van der Waals surface area (Å²) in [5, 5.41) is 0. The van der Waals surface area contributed by atoms with Gasteiger partial charge in [-0.3, -0.25) is 4.79 Å². The van der Waals surface area contributed by atoms with E-state index >= 15 is 0 Å². The molecule has 132 valence electrons. The van der Waals surface area contributed by atoms with Crippen LogP contribution < -0.4 is 9.47 Å². The smallest absolute Gasteiger partial charge is 0.317 e. The monoisotopic (exact) mass is 348 g/mol. The highest BCUT2D eigenvalue weighted by molar-refractivity contribution is 6.69. The number of esters is 1. The fraction of sp³-hybridized carbons (Fsp3) is 0.632. The summed E-state index contributed by atoms with van der Waals surface area (Å²) >= 11 is 0. The van der Waals surface area contributed by atoms with E-state index in [4.69, 9.17) is 13.9 Å². The highest BCUT2D eigenvalue weighted by Crippen LogP contribution is 2.64. The van der Waals surface area contributed by atoms with Crippen LogP contribution in [0, 0.1) is 11.3 Å². The predicted molar refractivity (Wildman–Crippen MR) is 95.9 cm³/mol. The lowest BCUT2D eigenvalue weighted by atomic mass is 9.84. The second-order valence-corrected chi connectivity index (χ2v) is 12.5. The molecule has 2 aliphatic carbocycles. The normalized spacial score (nSPS) is 25.3. The Balaban J connectivity index is 1.71. The van der Waals surface area contributed by atoms with E-state index in [1.807, 2.05) is 12.1 Å². The lowest BCUT2D eigenvalue weighted by Crippen LogP contribution is -2.29. The van der Waals surface area contributed by atoms with Crippen LogP contribution in [-0.2, 0) is 9.22 Å². The average Bonchev–Trinajstić information content (AvgIpc) is 3.11. The van der Waals surface area contributed by atoms with E-state index in [1.165, 1.54) is 19.3 Å². The van der Waals surface area contributed by atoms with Crippen LogP contribution in [0.3, 0.4) is 0 Å². The van der Waals surface area contributed by atoms with Crippen molar-refractivity contribution in [2.24, 2.45) is 11.3 Å². The summed E-state index contributed by atoms with van der Waals surface area (Å²) in [5.41, 5.74) is 0.0298. The minimum Gasteiger partial charge on any atom is -0.497 e. The van der Waals surface area contributed by atoms with Gasteiger partial charge in [0, 0.05) is 5.41 Å². The maximum absolute atomic E-state index is 12.8. The molecular weight excluding hydrogens is 320 g/mol. The fourth-order valence-electron chi connectivity index (χ4n) is 4.01. The van der Waals surface area contributed by atoms with Crippen LogP contribution in [0.4, 0.5) is 0 Å². The van der Waals surface area contributed by atoms with E-state index in [-0.39, 0.29) is 23.4 Å². The Labute approximate surface area is 145 Å². The first-order valence-corrected chi connectivity index (χ1v) is 12.3. The highest BCUT2D eigenvalue weighted by atomic mass is 28.4. The highest BCUT2D eigenvalue weighted by Gasteiger charge is 2.69. The molecule has 0 amide bonds. The molecule has 5 heteroatoms. The molecule has 0 heterocycles. The topological polar surface area (TPSA) is 44.8 Å². The van der Waals surface area contributed by atoms with Crippen LogP contribution in [0.25, 0.3) is 0 Å². The van der Waals surface area contributed by atoms with Crippen molar-refractivity contribution in [3.8, 4) is 11.5 Å². The number of rotatable bonds is 5. The molecule has 2 fully saturated rings. The number of carbonyl (C=O) groups is 1. The van der Waals surface area contributed by atoms with Gasteiger partial charge in [-0.1, -0.05) is 19.3 Å². The molecule has 0 aromatic heterocycles. The molecule has 0 radical (unpaired) electrons. The molecule has 0 N–H and O–H groups in total. The number of ether oxygens (including phenoxy) is 2. The SMILES string of the molecule is COc1ccc(OC(=O)[C@H]2[C@H](O[Si](C)(C)C)C23CCCCC3)cc1. The number of hydrogen-bond donors (Lipinski definition) is 0. The first-order valence-electron chi connectivity index (χ1n) is 8.89. The third-order valence-corrected chi connectivity index (χ3v) is 6.14. The van der Waals surface area contributed by atoms with Crippen molar-refractivity contribution in [3.63, 3.8) is 0 Å². The Morgan fingerprint density at radius 1 is 1.04 bits per heavy atom. The maximum Gasteiger partial charge on any atom is 0.317 e. The Bertz CT molecular complexity index is 584. The van der Waals surface area contributed by atoms with E-state index in [9.17, 15) is 4.79 Å². The van der Waals surface area contributed by atoms with Gasteiger partial charge in [0.05, 0.1) is 19.1 Å². The summed E-state index contributed by atoms with van der Waals surface area (Å²) in [4.78, 5) is 12.8. The van der Waals surface area contributed by atoms with Gasteiger partial charge in [0.1, 0.15) is 11.5 Å². The molecule has 24 heavy (non-hydrogen) atoms. The lowest BCUT2D eigenvalue weighted by Gasteiger charge is -2.25. The molecule has 2 saturated carbocycles. The fourth-order valence-corrected chi connectivity index (χ4v) is 5.14. The third kappa shape index (κ3) is 3.52. The molecule has 2 aliphatic rings. The first-order chi connectivity index (χ1) is 11.4. The summed E-state index contributed by atoms with van der Waals surface area (Å²) in [7, 11) is -0.0628. The van der Waals surface area contributed by atoms with Gasteiger partial charge in [0.25, 0.3) is 0 Å². The van der Waals surface area contributed by atoms with Gasteiger partial charge in [-0.15, -0.1) is 0 Å². The largest absolute Gasteiger partial charge is 0.497 e. The molecule has 0 unspecified atom stereocenters. The Morgan fingerprint density at radius 2 is 1.62 bits per heavy atom. The van der Waals surface area contributed by atoms with Crippen LogP contribution in [0.5, 0.6) is 11.5 Å². The second-order valence-electron chi connectivity index (χ2n) is 8.02. The summed E-state index contributed by atoms with van der Waals surface area (Å²) < 4.78 is 17.2. The zero-order valence-electron chi connectivity index (χ0n) is 15.1. The molecule has 1 spiro atoms. The molecule has 1 aromatic rings. The lowest BCUT2D eigenvalue weighted by molar-refractivity contribution is -0.137. The van der Waals surface area contributed by atoms with E-state index in [1.54, 1.807) is 19.2 Å². The number of benzene rings is 1. The predicted octanol–water partition coefficient (Wildman–Crippen LogP) is 4.40. The van der Waals surface area contributed by atoms with Gasteiger partial charge >= 0.3 is 5.97 Å². The molecule has 2 atom stereocenters. The van der Waals surface area contributed by atoms with Gasteiger partial charge in [-0.2, -0.15) is 0 Å². The van der Waals surface area contributed by atoms with Crippen LogP contribution in [0.2, 0.25) is 19.6 Å². The van der Waals surface area contributed by atoms with E-state index in [0.29, 0.717) is 5.75 Å². The van der Waals surface area contributed by atoms with E-state index in [2.05, 4.69) is 19.6 Å². The second kappa shape index (κ2) is 6.52. The van der Waals surface area contributed by atoms with Crippen LogP contribution in [0.15, 0.2) is 24.3 Å². The van der Waals surface area contributed by atoms with Gasteiger partial charge in [0.15, 0.2) is 8.32 Å². The summed E-state index contributed by atoms with van der Waals surface area (Å²) in [5.74, 6) is 1.09. The Morgan fingerprint density at radius 3 is 2.17 bits per heavy atom. The molecule has 3 rings (SSSR count). The summed E-state index contributed by atoms with van der Waals surface area (Å²) in [6, 6.07) is 7.17. The third-order valence-electron chi connectivity index (χ3n) is 5.18. The zero-order chi connectivity index (χ0) is 17.4. The maximum atomic E-state index is 12.8. The van der Waals surface area contributed by atoms with Crippen molar-refractivity contribution >= 4 is 14.3 Å². The van der Waals surface area contributed by atoms with Crippen molar-refractivity contribution in [2.45, 2.75) is 57.8 Å². The van der Waals surface area contributed by atoms with Gasteiger partial charge in [0.2, 0.25) is 0 Å². The zero-order valence-corrected chi connectivity index (χ0v) is 16.1. The average molecular weight is 349 g/mol. The van der Waals surface area contributed by atoms with Crippen LogP contribution in [0.1, 0.15) is 32.1 Å². The number of methoxy groups -OCH3 is 1. The van der Waals surface area contributed by atoms with E-state index < -0.39 is 8.32 Å². The minimum atomic E-state index is -1.68. The quantitative estimate of drug-likeness (QED) is 0.449. The number of carbonyl (C=O) groups excluding carboxylic acids is 1. The van der Waals surface area contributed by atoms with Crippen molar-refractivity contribution in [1.29, 1.82) is 0 Å². The Kier molecular flexibility index (Phi) is 4.75. The van der Waals surface area contributed by atoms with E-state index in [0.717, 1.165) is 18.6 Å². The molecular formula is C19H28O4Si. The van der Waals surface area contributed by atoms with Gasteiger partial charge in [-0.25, -0.2) is 0 Å². The molecule has 4 nitrogen and oxygen atoms in total. The molecule has 0 aliphatic heterocycles. The standard InChI is InChI=1S/C19H28O4Si/c1-21-14-8-10-15(11-9-14)22-18(20)16-17(23-24(2,3)4)19(16)12-6-5-7-13-19/h8-11,16-17H,5-7,12-13H2,1-4H3/t16-,17+/m1/s1. The van der Waals surface area contributed by atoms with Gasteiger partial charge < -0.3 is 13.9 Å². The van der Waals surface area contributed by atoms with Crippen LogP contribution >= 0.6 is 0 Å². The molecule has 1 aromatic carbocycles. The minimum absolute atomic E-state index is 0.0298. The first kappa shape index (κ1) is 17.5.